The number of aromatic nitrogens is 3. The predicted octanol–water partition coefficient (Wildman–Crippen LogP) is 1.72. The zero-order chi connectivity index (χ0) is 18.3. The molecule has 0 aromatic carbocycles. The van der Waals surface area contributed by atoms with Gasteiger partial charge in [-0.25, -0.2) is 9.98 Å². The fraction of sp³-hybridized carbons (Fsp3) is 0.412. The molecule has 0 spiro atoms. The van der Waals surface area contributed by atoms with Crippen LogP contribution in [0.1, 0.15) is 11.3 Å². The molecule has 1 saturated heterocycles. The van der Waals surface area contributed by atoms with Gasteiger partial charge in [0.15, 0.2) is 5.17 Å². The van der Waals surface area contributed by atoms with Gasteiger partial charge in [-0.1, -0.05) is 17.8 Å². The van der Waals surface area contributed by atoms with Crippen molar-refractivity contribution < 1.29 is 9.13 Å². The van der Waals surface area contributed by atoms with E-state index in [1.54, 1.807) is 24.9 Å². The van der Waals surface area contributed by atoms with Crippen LogP contribution in [0.15, 0.2) is 29.5 Å². The van der Waals surface area contributed by atoms with Gasteiger partial charge in [0.2, 0.25) is 11.8 Å². The van der Waals surface area contributed by atoms with E-state index in [0.717, 1.165) is 11.3 Å². The lowest BCUT2D eigenvalue weighted by molar-refractivity contribution is 0.365. The standard InChI is InChI=1S/C17H19FN6OS/c1-10-13(18)14(25-2)22-16(21-10)24-7-12-8-26-15(19)23-17(12,9-24)11-4-3-5-20-6-11/h3-6,12H,7-9H2,1-2H3,(H2,19,23)/t12-,17?/m0/s1. The minimum atomic E-state index is -0.535. The second kappa shape index (κ2) is 6.39. The van der Waals surface area contributed by atoms with Crippen LogP contribution >= 0.6 is 11.8 Å². The van der Waals surface area contributed by atoms with Crippen LogP contribution in [0, 0.1) is 18.7 Å². The Labute approximate surface area is 154 Å². The highest BCUT2D eigenvalue weighted by atomic mass is 32.2. The number of pyridine rings is 1. The molecule has 1 unspecified atom stereocenters. The summed E-state index contributed by atoms with van der Waals surface area (Å²) in [6.07, 6.45) is 3.57. The zero-order valence-electron chi connectivity index (χ0n) is 14.5. The maximum atomic E-state index is 14.0. The topological polar surface area (TPSA) is 89.5 Å². The molecule has 0 radical (unpaired) electrons. The SMILES string of the molecule is COc1nc(N2C[C@H]3CSC(N)=NC3(c3cccnc3)C2)nc(C)c1F. The van der Waals surface area contributed by atoms with Crippen molar-refractivity contribution >= 4 is 22.9 Å². The molecule has 0 saturated carbocycles. The molecular formula is C17H19FN6OS. The van der Waals surface area contributed by atoms with Gasteiger partial charge in [-0.2, -0.15) is 9.37 Å². The summed E-state index contributed by atoms with van der Waals surface area (Å²) < 4.78 is 19.1. The number of methoxy groups -OCH3 is 1. The van der Waals surface area contributed by atoms with Gasteiger partial charge >= 0.3 is 0 Å². The molecule has 4 rings (SSSR count). The van der Waals surface area contributed by atoms with Crippen molar-refractivity contribution in [2.24, 2.45) is 16.6 Å². The number of nitrogens with zero attached hydrogens (tertiary/aromatic N) is 5. The van der Waals surface area contributed by atoms with Gasteiger partial charge in [0.25, 0.3) is 5.88 Å². The summed E-state index contributed by atoms with van der Waals surface area (Å²) in [5.74, 6) is 0.932. The number of nitrogens with two attached hydrogens (primary N) is 1. The zero-order valence-corrected chi connectivity index (χ0v) is 15.3. The predicted molar refractivity (Wildman–Crippen MR) is 99.0 cm³/mol. The molecule has 4 heterocycles. The third kappa shape index (κ3) is 2.66. The molecule has 1 fully saturated rings. The Morgan fingerprint density at radius 1 is 1.42 bits per heavy atom. The van der Waals surface area contributed by atoms with E-state index >= 15 is 0 Å². The molecule has 26 heavy (non-hydrogen) atoms. The van der Waals surface area contributed by atoms with Crippen LogP contribution in [0.5, 0.6) is 5.88 Å². The number of hydrogen-bond donors (Lipinski definition) is 1. The van der Waals surface area contributed by atoms with Crippen LogP contribution < -0.4 is 15.4 Å². The summed E-state index contributed by atoms with van der Waals surface area (Å²) in [7, 11) is 1.40. The quantitative estimate of drug-likeness (QED) is 0.875. The Morgan fingerprint density at radius 3 is 3.00 bits per heavy atom. The van der Waals surface area contributed by atoms with Crippen molar-refractivity contribution in [1.29, 1.82) is 0 Å². The molecule has 2 atom stereocenters. The van der Waals surface area contributed by atoms with Gasteiger partial charge in [0.1, 0.15) is 5.54 Å². The first-order valence-electron chi connectivity index (χ1n) is 8.25. The molecule has 0 amide bonds. The molecule has 2 aliphatic rings. The molecule has 2 aromatic heterocycles. The van der Waals surface area contributed by atoms with Gasteiger partial charge < -0.3 is 15.4 Å². The first-order valence-corrected chi connectivity index (χ1v) is 9.24. The van der Waals surface area contributed by atoms with Gasteiger partial charge in [-0.3, -0.25) is 4.98 Å². The Kier molecular flexibility index (Phi) is 4.18. The van der Waals surface area contributed by atoms with Crippen LogP contribution in [0.4, 0.5) is 10.3 Å². The lowest BCUT2D eigenvalue weighted by atomic mass is 9.83. The van der Waals surface area contributed by atoms with Gasteiger partial charge in [-0.05, 0) is 13.0 Å². The van der Waals surface area contributed by atoms with E-state index in [4.69, 9.17) is 15.5 Å². The molecule has 2 aromatic rings. The highest BCUT2D eigenvalue weighted by Gasteiger charge is 2.51. The number of halogens is 1. The normalized spacial score (nSPS) is 25.0. The minimum absolute atomic E-state index is 0.0461. The van der Waals surface area contributed by atoms with Gasteiger partial charge in [0.05, 0.1) is 19.3 Å². The number of fused-ring (bicyclic) bond motifs is 1. The first-order chi connectivity index (χ1) is 12.5. The van der Waals surface area contributed by atoms with Crippen LogP contribution in [0.3, 0.4) is 0 Å². The monoisotopic (exact) mass is 374 g/mol. The average molecular weight is 374 g/mol. The highest BCUT2D eigenvalue weighted by Crippen LogP contribution is 2.46. The number of thioether (sulfide) groups is 1. The van der Waals surface area contributed by atoms with Crippen LogP contribution in [0.25, 0.3) is 0 Å². The second-order valence-corrected chi connectivity index (χ2v) is 7.48. The maximum Gasteiger partial charge on any atom is 0.255 e. The summed E-state index contributed by atoms with van der Waals surface area (Å²) in [6, 6.07) is 3.92. The molecule has 2 aliphatic heterocycles. The summed E-state index contributed by atoms with van der Waals surface area (Å²) in [5.41, 5.74) is 6.84. The number of amidine groups is 1. The van der Waals surface area contributed by atoms with Crippen LogP contribution in [-0.2, 0) is 5.54 Å². The Bertz CT molecular complexity index is 864. The van der Waals surface area contributed by atoms with Crippen LogP contribution in [0.2, 0.25) is 0 Å². The average Bonchev–Trinajstić information content (AvgIpc) is 3.04. The lowest BCUT2D eigenvalue weighted by Gasteiger charge is -2.34. The van der Waals surface area contributed by atoms with Crippen molar-refractivity contribution in [3.8, 4) is 5.88 Å². The minimum Gasteiger partial charge on any atom is -0.479 e. The van der Waals surface area contributed by atoms with Gasteiger partial charge in [0, 0.05) is 36.2 Å². The van der Waals surface area contributed by atoms with Crippen molar-refractivity contribution in [3.05, 3.63) is 41.6 Å². The number of hydrogen-bond acceptors (Lipinski definition) is 8. The second-order valence-electron chi connectivity index (χ2n) is 6.44. The van der Waals surface area contributed by atoms with Crippen LogP contribution in [-0.4, -0.2) is 46.1 Å². The van der Waals surface area contributed by atoms with E-state index in [1.165, 1.54) is 7.11 Å². The highest BCUT2D eigenvalue weighted by molar-refractivity contribution is 8.13. The molecular weight excluding hydrogens is 355 g/mol. The Hall–Kier alpha value is -2.42. The molecule has 2 N–H and O–H groups in total. The summed E-state index contributed by atoms with van der Waals surface area (Å²) >= 11 is 1.55. The third-order valence-electron chi connectivity index (χ3n) is 4.90. The Morgan fingerprint density at radius 2 is 2.27 bits per heavy atom. The number of aryl methyl sites for hydroxylation is 1. The molecule has 0 aliphatic carbocycles. The van der Waals surface area contributed by atoms with Crippen molar-refractivity contribution in [2.75, 3.05) is 30.9 Å². The van der Waals surface area contributed by atoms with E-state index in [-0.39, 0.29) is 17.5 Å². The maximum absolute atomic E-state index is 14.0. The van der Waals surface area contributed by atoms with Gasteiger partial charge in [-0.15, -0.1) is 0 Å². The van der Waals surface area contributed by atoms with E-state index in [2.05, 4.69) is 15.0 Å². The van der Waals surface area contributed by atoms with E-state index in [0.29, 0.717) is 24.2 Å². The van der Waals surface area contributed by atoms with E-state index in [9.17, 15) is 4.39 Å². The van der Waals surface area contributed by atoms with Crippen molar-refractivity contribution in [1.82, 2.24) is 15.0 Å². The molecule has 9 heteroatoms. The van der Waals surface area contributed by atoms with E-state index < -0.39 is 11.4 Å². The summed E-state index contributed by atoms with van der Waals surface area (Å²) in [5, 5.41) is 0.570. The lowest BCUT2D eigenvalue weighted by Crippen LogP contribution is -2.40. The number of rotatable bonds is 3. The molecule has 7 nitrogen and oxygen atoms in total. The number of aliphatic imine (C=N–C) groups is 1. The fourth-order valence-corrected chi connectivity index (χ4v) is 4.57. The fourth-order valence-electron chi connectivity index (χ4n) is 3.59. The smallest absolute Gasteiger partial charge is 0.255 e. The molecule has 0 bridgehead atoms. The third-order valence-corrected chi connectivity index (χ3v) is 5.86. The number of anilines is 1. The summed E-state index contributed by atoms with van der Waals surface area (Å²) in [6.45, 7) is 2.86. The number of ether oxygens (including phenoxy) is 1. The first kappa shape index (κ1) is 17.0. The molecule has 136 valence electrons. The van der Waals surface area contributed by atoms with Crippen molar-refractivity contribution in [2.45, 2.75) is 12.5 Å². The summed E-state index contributed by atoms with van der Waals surface area (Å²) in [4.78, 5) is 19.7. The van der Waals surface area contributed by atoms with E-state index in [1.807, 2.05) is 23.2 Å². The van der Waals surface area contributed by atoms with Crippen molar-refractivity contribution in [3.63, 3.8) is 0 Å². The largest absolute Gasteiger partial charge is 0.479 e. The Balaban J connectivity index is 1.76.